The molecule has 0 heterocycles. The van der Waals surface area contributed by atoms with E-state index in [1.165, 1.54) is 6.07 Å². The normalized spacial score (nSPS) is 11.2. The third kappa shape index (κ3) is 4.11. The van der Waals surface area contributed by atoms with Crippen LogP contribution in [0.5, 0.6) is 28.7 Å². The van der Waals surface area contributed by atoms with E-state index < -0.39 is 0 Å². The highest BCUT2D eigenvalue weighted by atomic mass is 16.5. The van der Waals surface area contributed by atoms with Gasteiger partial charge in [-0.2, -0.15) is 0 Å². The number of rotatable bonds is 6. The van der Waals surface area contributed by atoms with E-state index in [-0.39, 0.29) is 47.1 Å². The lowest BCUT2D eigenvalue weighted by molar-refractivity contribution is 0.178. The van der Waals surface area contributed by atoms with E-state index in [9.17, 15) is 10.2 Å². The van der Waals surface area contributed by atoms with Crippen LogP contribution in [0.3, 0.4) is 0 Å². The highest BCUT2D eigenvalue weighted by molar-refractivity contribution is 5.64. The maximum absolute atomic E-state index is 10.3. The predicted octanol–water partition coefficient (Wildman–Crippen LogP) is 3.46. The summed E-state index contributed by atoms with van der Waals surface area (Å²) >= 11 is 0. The molecule has 114 valence electrons. The van der Waals surface area contributed by atoms with Crippen molar-refractivity contribution in [2.24, 2.45) is 0 Å². The summed E-state index contributed by atoms with van der Waals surface area (Å²) in [5.74, 6) is 0.111. The minimum absolute atomic E-state index is 0.101. The van der Waals surface area contributed by atoms with E-state index in [4.69, 9.17) is 14.2 Å². The van der Waals surface area contributed by atoms with E-state index in [0.717, 1.165) is 0 Å². The monoisotopic (exact) mass is 284 g/mol. The first kappa shape index (κ1) is 16.3. The van der Waals surface area contributed by atoms with Gasteiger partial charge < -0.3 is 24.4 Å². The maximum Gasteiger partial charge on any atom is 0.211 e. The second kappa shape index (κ2) is 6.59. The molecule has 0 aliphatic carbocycles. The molecule has 0 aliphatic heterocycles. The quantitative estimate of drug-likeness (QED) is 0.783. The van der Waals surface area contributed by atoms with Crippen molar-refractivity contribution in [1.82, 2.24) is 0 Å². The average molecular weight is 284 g/mol. The summed E-state index contributed by atoms with van der Waals surface area (Å²) in [5, 5.41) is 20.3. The molecule has 0 atom stereocenters. The Morgan fingerprint density at radius 1 is 0.750 bits per heavy atom. The standard InChI is InChI=1S/C15H24O5/c1-8(2)18-12-7-11(16)14(19-9(3)4)15(13(12)17)20-10(5)6/h7-10,16-17H,1-6H3. The maximum atomic E-state index is 10.3. The summed E-state index contributed by atoms with van der Waals surface area (Å²) in [7, 11) is 0. The van der Waals surface area contributed by atoms with Gasteiger partial charge in [-0.1, -0.05) is 0 Å². The Morgan fingerprint density at radius 3 is 1.65 bits per heavy atom. The van der Waals surface area contributed by atoms with E-state index >= 15 is 0 Å². The van der Waals surface area contributed by atoms with Gasteiger partial charge in [0.15, 0.2) is 11.5 Å². The van der Waals surface area contributed by atoms with Gasteiger partial charge in [-0.3, -0.25) is 0 Å². The van der Waals surface area contributed by atoms with Crippen LogP contribution in [0, 0.1) is 0 Å². The number of hydrogen-bond acceptors (Lipinski definition) is 5. The topological polar surface area (TPSA) is 68.2 Å². The van der Waals surface area contributed by atoms with Gasteiger partial charge in [-0.15, -0.1) is 0 Å². The van der Waals surface area contributed by atoms with Crippen molar-refractivity contribution >= 4 is 0 Å². The van der Waals surface area contributed by atoms with Gasteiger partial charge in [0.1, 0.15) is 0 Å². The molecule has 0 unspecified atom stereocenters. The molecule has 0 spiro atoms. The van der Waals surface area contributed by atoms with Crippen LogP contribution in [0.25, 0.3) is 0 Å². The largest absolute Gasteiger partial charge is 0.504 e. The van der Waals surface area contributed by atoms with Crippen LogP contribution in [-0.4, -0.2) is 28.5 Å². The Labute approximate surface area is 120 Å². The first-order chi connectivity index (χ1) is 9.22. The molecular formula is C15H24O5. The Kier molecular flexibility index (Phi) is 5.36. The van der Waals surface area contributed by atoms with Crippen molar-refractivity contribution in [3.63, 3.8) is 0 Å². The molecule has 0 aliphatic rings. The van der Waals surface area contributed by atoms with Crippen LogP contribution in [0.2, 0.25) is 0 Å². The smallest absolute Gasteiger partial charge is 0.211 e. The van der Waals surface area contributed by atoms with Gasteiger partial charge in [0.2, 0.25) is 17.2 Å². The van der Waals surface area contributed by atoms with Crippen LogP contribution in [0.4, 0.5) is 0 Å². The van der Waals surface area contributed by atoms with E-state index in [2.05, 4.69) is 0 Å². The minimum atomic E-state index is -0.177. The Morgan fingerprint density at radius 2 is 1.20 bits per heavy atom. The summed E-state index contributed by atoms with van der Waals surface area (Å²) in [5.41, 5.74) is 0. The van der Waals surface area contributed by atoms with Crippen molar-refractivity contribution in [3.05, 3.63) is 6.07 Å². The second-order valence-corrected chi connectivity index (χ2v) is 5.40. The lowest BCUT2D eigenvalue weighted by atomic mass is 10.2. The fourth-order valence-corrected chi connectivity index (χ4v) is 1.63. The van der Waals surface area contributed by atoms with Gasteiger partial charge >= 0.3 is 0 Å². The number of phenolic OH excluding ortho intramolecular Hbond substituents is 2. The molecule has 0 fully saturated rings. The van der Waals surface area contributed by atoms with E-state index in [1.807, 2.05) is 41.5 Å². The SMILES string of the molecule is CC(C)Oc1cc(O)c(OC(C)C)c(OC(C)C)c1O. The first-order valence-electron chi connectivity index (χ1n) is 6.81. The molecular weight excluding hydrogens is 260 g/mol. The number of ether oxygens (including phenoxy) is 3. The molecule has 0 aromatic heterocycles. The molecule has 1 rings (SSSR count). The minimum Gasteiger partial charge on any atom is -0.504 e. The van der Waals surface area contributed by atoms with E-state index in [0.29, 0.717) is 0 Å². The Balaban J connectivity index is 3.32. The van der Waals surface area contributed by atoms with Crippen LogP contribution < -0.4 is 14.2 Å². The lowest BCUT2D eigenvalue weighted by Crippen LogP contribution is -2.12. The molecule has 0 saturated heterocycles. The van der Waals surface area contributed by atoms with Gasteiger partial charge in [-0.05, 0) is 41.5 Å². The number of phenols is 2. The number of hydrogen-bond donors (Lipinski definition) is 2. The summed E-state index contributed by atoms with van der Waals surface area (Å²) < 4.78 is 16.6. The summed E-state index contributed by atoms with van der Waals surface area (Å²) in [6.07, 6.45) is -0.472. The molecule has 20 heavy (non-hydrogen) atoms. The average Bonchev–Trinajstić information content (AvgIpc) is 2.28. The number of benzene rings is 1. The van der Waals surface area contributed by atoms with Crippen LogP contribution in [0.15, 0.2) is 6.07 Å². The molecule has 0 radical (unpaired) electrons. The molecule has 0 amide bonds. The summed E-state index contributed by atoms with van der Waals surface area (Å²) in [6, 6.07) is 1.33. The highest BCUT2D eigenvalue weighted by Gasteiger charge is 2.23. The Bertz CT molecular complexity index is 452. The molecule has 5 nitrogen and oxygen atoms in total. The number of aromatic hydroxyl groups is 2. The summed E-state index contributed by atoms with van der Waals surface area (Å²) in [4.78, 5) is 0. The fourth-order valence-electron chi connectivity index (χ4n) is 1.63. The summed E-state index contributed by atoms with van der Waals surface area (Å²) in [6.45, 7) is 11.0. The third-order valence-electron chi connectivity index (χ3n) is 2.22. The zero-order chi connectivity index (χ0) is 15.4. The van der Waals surface area contributed by atoms with Gasteiger partial charge in [0, 0.05) is 6.07 Å². The van der Waals surface area contributed by atoms with E-state index in [1.54, 1.807) is 0 Å². The van der Waals surface area contributed by atoms with Crippen molar-refractivity contribution in [1.29, 1.82) is 0 Å². The van der Waals surface area contributed by atoms with Crippen LogP contribution in [-0.2, 0) is 0 Å². The molecule has 1 aromatic rings. The molecule has 0 bridgehead atoms. The predicted molar refractivity (Wildman–Crippen MR) is 77.1 cm³/mol. The zero-order valence-electron chi connectivity index (χ0n) is 12.9. The fraction of sp³-hybridized carbons (Fsp3) is 0.600. The van der Waals surface area contributed by atoms with Crippen molar-refractivity contribution in [3.8, 4) is 28.7 Å². The first-order valence-corrected chi connectivity index (χ1v) is 6.81. The van der Waals surface area contributed by atoms with Crippen molar-refractivity contribution in [2.75, 3.05) is 0 Å². The molecule has 1 aromatic carbocycles. The second-order valence-electron chi connectivity index (χ2n) is 5.40. The van der Waals surface area contributed by atoms with Gasteiger partial charge in [0.25, 0.3) is 0 Å². The highest BCUT2D eigenvalue weighted by Crippen LogP contribution is 2.50. The Hall–Kier alpha value is -1.78. The molecule has 5 heteroatoms. The van der Waals surface area contributed by atoms with Crippen molar-refractivity contribution in [2.45, 2.75) is 59.9 Å². The van der Waals surface area contributed by atoms with Crippen molar-refractivity contribution < 1.29 is 24.4 Å². The van der Waals surface area contributed by atoms with Gasteiger partial charge in [0.05, 0.1) is 18.3 Å². The van der Waals surface area contributed by atoms with Gasteiger partial charge in [-0.25, -0.2) is 0 Å². The third-order valence-corrected chi connectivity index (χ3v) is 2.22. The van der Waals surface area contributed by atoms with Crippen LogP contribution in [0.1, 0.15) is 41.5 Å². The lowest BCUT2D eigenvalue weighted by Gasteiger charge is -2.21. The van der Waals surface area contributed by atoms with Crippen LogP contribution >= 0.6 is 0 Å². The molecule has 2 N–H and O–H groups in total. The molecule has 0 saturated carbocycles. The zero-order valence-corrected chi connectivity index (χ0v) is 12.9.